The molecule has 2 heteroatoms. The smallest absolute Gasteiger partial charge is 0.0614 e. The van der Waals surface area contributed by atoms with Crippen LogP contribution in [0.5, 0.6) is 0 Å². The first-order chi connectivity index (χ1) is 9.84. The highest BCUT2D eigenvalue weighted by atomic mass is 15.2. The van der Waals surface area contributed by atoms with Gasteiger partial charge in [0.1, 0.15) is 0 Å². The molecule has 1 fully saturated rings. The zero-order valence-electron chi connectivity index (χ0n) is 11.6. The highest BCUT2D eigenvalue weighted by molar-refractivity contribution is 5.78. The molecule has 1 aliphatic carbocycles. The number of benzene rings is 2. The van der Waals surface area contributed by atoms with Crippen LogP contribution in [-0.2, 0) is 0 Å². The Morgan fingerprint density at radius 2 is 1.50 bits per heavy atom. The summed E-state index contributed by atoms with van der Waals surface area (Å²) in [6.45, 7) is 2.16. The number of likely N-dealkylation sites (tertiary alicyclic amines) is 1. The van der Waals surface area contributed by atoms with Gasteiger partial charge < -0.3 is 5.73 Å². The quantitative estimate of drug-likeness (QED) is 0.857. The number of hydrogen-bond acceptors (Lipinski definition) is 2. The number of nitrogens with two attached hydrogens (primary N) is 1. The van der Waals surface area contributed by atoms with Crippen molar-refractivity contribution in [3.05, 3.63) is 59.7 Å². The van der Waals surface area contributed by atoms with Crippen LogP contribution in [0.15, 0.2) is 48.5 Å². The number of hydrogen-bond donors (Lipinski definition) is 1. The first kappa shape index (κ1) is 12.1. The summed E-state index contributed by atoms with van der Waals surface area (Å²) in [4.78, 5) is 2.57. The van der Waals surface area contributed by atoms with E-state index in [0.29, 0.717) is 12.1 Å². The monoisotopic (exact) mass is 264 g/mol. The van der Waals surface area contributed by atoms with Crippen molar-refractivity contribution in [2.75, 3.05) is 13.1 Å². The summed E-state index contributed by atoms with van der Waals surface area (Å²) in [5.74, 6) is 0. The zero-order valence-corrected chi connectivity index (χ0v) is 11.6. The van der Waals surface area contributed by atoms with E-state index in [4.69, 9.17) is 5.73 Å². The van der Waals surface area contributed by atoms with Crippen molar-refractivity contribution in [1.29, 1.82) is 0 Å². The molecule has 1 aliphatic heterocycles. The van der Waals surface area contributed by atoms with Gasteiger partial charge in [0, 0.05) is 12.6 Å². The van der Waals surface area contributed by atoms with Crippen molar-refractivity contribution in [3.63, 3.8) is 0 Å². The molecule has 4 rings (SSSR count). The maximum atomic E-state index is 6.19. The summed E-state index contributed by atoms with van der Waals surface area (Å²) < 4.78 is 0. The normalized spacial score (nSPS) is 22.6. The number of fused-ring (bicyclic) bond motifs is 3. The average molecular weight is 264 g/mol. The predicted molar refractivity (Wildman–Crippen MR) is 82.5 cm³/mol. The van der Waals surface area contributed by atoms with E-state index >= 15 is 0 Å². The summed E-state index contributed by atoms with van der Waals surface area (Å²) >= 11 is 0. The fourth-order valence-electron chi connectivity index (χ4n) is 3.80. The fraction of sp³-hybridized carbons (Fsp3) is 0.333. The van der Waals surface area contributed by atoms with Crippen LogP contribution in [0.2, 0.25) is 0 Å². The standard InChI is InChI=1S/C18H20N2/c19-13-6-5-11-20(12-13)18-16-9-3-1-7-14(16)15-8-2-4-10-17(15)18/h1-4,7-10,13,18H,5-6,11-12,19H2/t13-/m0/s1. The van der Waals surface area contributed by atoms with Gasteiger partial charge in [0.15, 0.2) is 0 Å². The molecule has 2 N–H and O–H groups in total. The number of nitrogens with zero attached hydrogens (tertiary/aromatic N) is 1. The minimum atomic E-state index is 0.323. The van der Waals surface area contributed by atoms with Crippen molar-refractivity contribution in [1.82, 2.24) is 4.90 Å². The SMILES string of the molecule is N[C@H]1CCCN(C2c3ccccc3-c3ccccc32)C1. The minimum absolute atomic E-state index is 0.323. The molecular weight excluding hydrogens is 244 g/mol. The molecule has 20 heavy (non-hydrogen) atoms. The molecule has 2 aromatic rings. The molecule has 102 valence electrons. The van der Waals surface area contributed by atoms with Crippen molar-refractivity contribution in [2.45, 2.75) is 24.9 Å². The Balaban J connectivity index is 1.83. The van der Waals surface area contributed by atoms with Gasteiger partial charge in [-0.15, -0.1) is 0 Å². The largest absolute Gasteiger partial charge is 0.327 e. The van der Waals surface area contributed by atoms with E-state index in [1.807, 2.05) is 0 Å². The van der Waals surface area contributed by atoms with Gasteiger partial charge in [0.05, 0.1) is 6.04 Å². The van der Waals surface area contributed by atoms with E-state index in [0.717, 1.165) is 19.5 Å². The van der Waals surface area contributed by atoms with Crippen molar-refractivity contribution < 1.29 is 0 Å². The zero-order chi connectivity index (χ0) is 13.5. The molecular formula is C18H20N2. The van der Waals surface area contributed by atoms with Crippen molar-refractivity contribution in [3.8, 4) is 11.1 Å². The third-order valence-electron chi connectivity index (χ3n) is 4.66. The van der Waals surface area contributed by atoms with Crippen molar-refractivity contribution in [2.24, 2.45) is 5.73 Å². The molecule has 0 spiro atoms. The molecule has 0 amide bonds. The summed E-state index contributed by atoms with van der Waals surface area (Å²) in [6.07, 6.45) is 2.37. The second-order valence-electron chi connectivity index (χ2n) is 5.97. The lowest BCUT2D eigenvalue weighted by Gasteiger charge is -2.36. The highest BCUT2D eigenvalue weighted by Gasteiger charge is 2.34. The second kappa shape index (κ2) is 4.72. The molecule has 1 saturated heterocycles. The lowest BCUT2D eigenvalue weighted by Crippen LogP contribution is -2.44. The van der Waals surface area contributed by atoms with Gasteiger partial charge in [0.25, 0.3) is 0 Å². The predicted octanol–water partition coefficient (Wildman–Crippen LogP) is 3.18. The summed E-state index contributed by atoms with van der Waals surface area (Å²) in [6, 6.07) is 18.4. The van der Waals surface area contributed by atoms with Gasteiger partial charge >= 0.3 is 0 Å². The van der Waals surface area contributed by atoms with Gasteiger partial charge in [-0.3, -0.25) is 4.90 Å². The lowest BCUT2D eigenvalue weighted by molar-refractivity contribution is 0.173. The summed E-state index contributed by atoms with van der Waals surface area (Å²) in [7, 11) is 0. The molecule has 0 unspecified atom stereocenters. The Labute approximate surface area is 120 Å². The molecule has 2 nitrogen and oxygen atoms in total. The van der Waals surface area contributed by atoms with E-state index in [1.165, 1.54) is 28.7 Å². The fourth-order valence-corrected chi connectivity index (χ4v) is 3.80. The van der Waals surface area contributed by atoms with E-state index in [2.05, 4.69) is 53.4 Å². The Bertz CT molecular complexity index is 589. The third-order valence-corrected chi connectivity index (χ3v) is 4.66. The molecule has 1 heterocycles. The van der Waals surface area contributed by atoms with Crippen LogP contribution in [0.25, 0.3) is 11.1 Å². The first-order valence-corrected chi connectivity index (χ1v) is 7.52. The first-order valence-electron chi connectivity index (χ1n) is 7.52. The highest BCUT2D eigenvalue weighted by Crippen LogP contribution is 2.46. The van der Waals surface area contributed by atoms with Crippen molar-refractivity contribution >= 4 is 0 Å². The van der Waals surface area contributed by atoms with Crippen LogP contribution in [-0.4, -0.2) is 24.0 Å². The Hall–Kier alpha value is -1.64. The lowest BCUT2D eigenvalue weighted by atomic mass is 9.98. The maximum Gasteiger partial charge on any atom is 0.0614 e. The van der Waals surface area contributed by atoms with Crippen LogP contribution in [0.3, 0.4) is 0 Å². The molecule has 0 radical (unpaired) electrons. The topological polar surface area (TPSA) is 29.3 Å². The van der Waals surface area contributed by atoms with Gasteiger partial charge in [-0.05, 0) is 41.6 Å². The van der Waals surface area contributed by atoms with E-state index < -0.39 is 0 Å². The Kier molecular flexibility index (Phi) is 2.86. The van der Waals surface area contributed by atoms with Gasteiger partial charge in [-0.2, -0.15) is 0 Å². The van der Waals surface area contributed by atoms with Crippen LogP contribution >= 0.6 is 0 Å². The minimum Gasteiger partial charge on any atom is -0.327 e. The molecule has 1 atom stereocenters. The summed E-state index contributed by atoms with van der Waals surface area (Å²) in [5.41, 5.74) is 11.9. The van der Waals surface area contributed by atoms with Crippen LogP contribution in [0.1, 0.15) is 30.0 Å². The van der Waals surface area contributed by atoms with Gasteiger partial charge in [-0.1, -0.05) is 48.5 Å². The second-order valence-corrected chi connectivity index (χ2v) is 5.97. The molecule has 2 aromatic carbocycles. The van der Waals surface area contributed by atoms with Gasteiger partial charge in [0.2, 0.25) is 0 Å². The van der Waals surface area contributed by atoms with Crippen LogP contribution in [0, 0.1) is 0 Å². The van der Waals surface area contributed by atoms with E-state index in [9.17, 15) is 0 Å². The number of rotatable bonds is 1. The molecule has 0 aromatic heterocycles. The average Bonchev–Trinajstić information content (AvgIpc) is 2.82. The Morgan fingerprint density at radius 1 is 0.900 bits per heavy atom. The Morgan fingerprint density at radius 3 is 2.10 bits per heavy atom. The van der Waals surface area contributed by atoms with Crippen LogP contribution < -0.4 is 5.73 Å². The van der Waals surface area contributed by atoms with E-state index in [-0.39, 0.29) is 0 Å². The maximum absolute atomic E-state index is 6.19. The molecule has 0 bridgehead atoms. The van der Waals surface area contributed by atoms with Crippen LogP contribution in [0.4, 0.5) is 0 Å². The van der Waals surface area contributed by atoms with Gasteiger partial charge in [-0.25, -0.2) is 0 Å². The number of piperidine rings is 1. The molecule has 0 saturated carbocycles. The third kappa shape index (κ3) is 1.80. The summed E-state index contributed by atoms with van der Waals surface area (Å²) in [5, 5.41) is 0. The molecule has 2 aliphatic rings. The van der Waals surface area contributed by atoms with E-state index in [1.54, 1.807) is 0 Å².